The number of anilines is 1. The highest BCUT2D eigenvalue weighted by atomic mass is 16.1. The van der Waals surface area contributed by atoms with Gasteiger partial charge in [-0.1, -0.05) is 6.08 Å². The average Bonchev–Trinajstić information content (AvgIpc) is 3.04. The summed E-state index contributed by atoms with van der Waals surface area (Å²) in [5.41, 5.74) is 7.70. The van der Waals surface area contributed by atoms with E-state index in [1.54, 1.807) is 6.20 Å². The van der Waals surface area contributed by atoms with Crippen molar-refractivity contribution in [2.24, 2.45) is 17.1 Å². The van der Waals surface area contributed by atoms with Gasteiger partial charge in [0.15, 0.2) is 0 Å². The number of fused-ring (bicyclic) bond motifs is 1. The van der Waals surface area contributed by atoms with Crippen LogP contribution in [-0.4, -0.2) is 21.9 Å². The van der Waals surface area contributed by atoms with E-state index in [0.29, 0.717) is 0 Å². The molecule has 1 fully saturated rings. The van der Waals surface area contributed by atoms with Gasteiger partial charge in [0.25, 0.3) is 0 Å². The van der Waals surface area contributed by atoms with Gasteiger partial charge in [-0.25, -0.2) is 4.98 Å². The fourth-order valence-corrected chi connectivity index (χ4v) is 3.57. The summed E-state index contributed by atoms with van der Waals surface area (Å²) in [6.45, 7) is 5.98. The van der Waals surface area contributed by atoms with Crippen molar-refractivity contribution in [3.63, 3.8) is 0 Å². The topological polar surface area (TPSA) is 83.8 Å². The molecule has 5 heteroatoms. The predicted molar refractivity (Wildman–Crippen MR) is 93.0 cm³/mol. The molecule has 4 N–H and O–H groups in total. The number of nitrogens with one attached hydrogen (secondary N) is 2. The number of aromatic amines is 1. The first-order valence-corrected chi connectivity index (χ1v) is 8.18. The highest BCUT2D eigenvalue weighted by Gasteiger charge is 2.37. The van der Waals surface area contributed by atoms with Crippen molar-refractivity contribution in [2.45, 2.75) is 38.6 Å². The SMILES string of the molecule is C=CC1([C@@H](C)N)CCC(C(=O)Nc2ccnc3[nH]ccc23)CC1. The molecule has 23 heavy (non-hydrogen) atoms. The molecular weight excluding hydrogens is 288 g/mol. The van der Waals surface area contributed by atoms with Crippen molar-refractivity contribution < 1.29 is 4.79 Å². The summed E-state index contributed by atoms with van der Waals surface area (Å²) in [5.74, 6) is 0.116. The molecule has 2 aromatic heterocycles. The number of nitrogens with two attached hydrogens (primary N) is 1. The third-order valence-electron chi connectivity index (χ3n) is 5.32. The fourth-order valence-electron chi connectivity index (χ4n) is 3.57. The van der Waals surface area contributed by atoms with E-state index >= 15 is 0 Å². The van der Waals surface area contributed by atoms with Crippen LogP contribution in [0.1, 0.15) is 32.6 Å². The summed E-state index contributed by atoms with van der Waals surface area (Å²) in [5, 5.41) is 4.00. The molecule has 1 atom stereocenters. The summed E-state index contributed by atoms with van der Waals surface area (Å²) in [4.78, 5) is 19.9. The maximum absolute atomic E-state index is 12.6. The van der Waals surface area contributed by atoms with Gasteiger partial charge in [-0.2, -0.15) is 0 Å². The van der Waals surface area contributed by atoms with E-state index in [9.17, 15) is 4.79 Å². The molecule has 0 bridgehead atoms. The highest BCUT2D eigenvalue weighted by molar-refractivity contribution is 6.00. The lowest BCUT2D eigenvalue weighted by Gasteiger charge is -2.40. The summed E-state index contributed by atoms with van der Waals surface area (Å²) < 4.78 is 0. The zero-order valence-corrected chi connectivity index (χ0v) is 13.5. The molecule has 1 amide bonds. The van der Waals surface area contributed by atoms with Crippen LogP contribution in [0.5, 0.6) is 0 Å². The highest BCUT2D eigenvalue weighted by Crippen LogP contribution is 2.42. The molecular formula is C18H24N4O. The number of H-pyrrole nitrogens is 1. The Labute approximate surface area is 136 Å². The quantitative estimate of drug-likeness (QED) is 0.758. The van der Waals surface area contributed by atoms with E-state index in [0.717, 1.165) is 42.4 Å². The van der Waals surface area contributed by atoms with E-state index in [4.69, 9.17) is 5.73 Å². The zero-order valence-electron chi connectivity index (χ0n) is 13.5. The normalized spacial score (nSPS) is 25.9. The van der Waals surface area contributed by atoms with Crippen LogP contribution in [0.25, 0.3) is 11.0 Å². The number of carbonyl (C=O) groups is 1. The van der Waals surface area contributed by atoms with Gasteiger partial charge in [-0.3, -0.25) is 4.79 Å². The lowest BCUT2D eigenvalue weighted by atomic mass is 9.67. The molecule has 2 aromatic rings. The first-order chi connectivity index (χ1) is 11.1. The zero-order chi connectivity index (χ0) is 16.4. The summed E-state index contributed by atoms with van der Waals surface area (Å²) in [6.07, 6.45) is 9.05. The third kappa shape index (κ3) is 2.88. The average molecular weight is 312 g/mol. The van der Waals surface area contributed by atoms with Crippen LogP contribution in [0, 0.1) is 11.3 Å². The minimum absolute atomic E-state index is 0.0264. The van der Waals surface area contributed by atoms with Crippen LogP contribution in [0.15, 0.2) is 37.2 Å². The van der Waals surface area contributed by atoms with Crippen LogP contribution in [0.4, 0.5) is 5.69 Å². The molecule has 2 heterocycles. The Kier molecular flexibility index (Phi) is 4.22. The molecule has 1 aliphatic rings. The lowest BCUT2D eigenvalue weighted by molar-refractivity contribution is -0.121. The molecule has 1 aliphatic carbocycles. The van der Waals surface area contributed by atoms with Gasteiger partial charge in [-0.05, 0) is 44.7 Å². The minimum atomic E-state index is -0.0264. The van der Waals surface area contributed by atoms with Crippen LogP contribution in [0.3, 0.4) is 0 Å². The largest absolute Gasteiger partial charge is 0.346 e. The van der Waals surface area contributed by atoms with Gasteiger partial charge in [-0.15, -0.1) is 6.58 Å². The van der Waals surface area contributed by atoms with Crippen LogP contribution in [-0.2, 0) is 4.79 Å². The maximum Gasteiger partial charge on any atom is 0.227 e. The van der Waals surface area contributed by atoms with E-state index in [1.807, 2.05) is 31.3 Å². The van der Waals surface area contributed by atoms with Gasteiger partial charge in [0, 0.05) is 35.2 Å². The van der Waals surface area contributed by atoms with Crippen molar-refractivity contribution in [3.8, 4) is 0 Å². The van der Waals surface area contributed by atoms with Crippen molar-refractivity contribution in [1.29, 1.82) is 0 Å². The number of amides is 1. The Hall–Kier alpha value is -2.14. The molecule has 0 aliphatic heterocycles. The van der Waals surface area contributed by atoms with Gasteiger partial charge in [0.2, 0.25) is 5.91 Å². The second-order valence-electron chi connectivity index (χ2n) is 6.59. The molecule has 0 spiro atoms. The molecule has 122 valence electrons. The standard InChI is InChI=1S/C18H24N4O/c1-3-18(12(2)19)8-4-13(5-9-18)17(23)22-15-7-11-21-16-14(15)6-10-20-16/h3,6-7,10-13H,1,4-5,8-9,19H2,2H3,(H2,20,21,22,23)/t12-,13?,18?/m1/s1. The van der Waals surface area contributed by atoms with E-state index in [-0.39, 0.29) is 23.3 Å². The number of pyridine rings is 1. The molecule has 5 nitrogen and oxygen atoms in total. The second-order valence-corrected chi connectivity index (χ2v) is 6.59. The van der Waals surface area contributed by atoms with Crippen LogP contribution in [0.2, 0.25) is 0 Å². The third-order valence-corrected chi connectivity index (χ3v) is 5.32. The number of hydrogen-bond acceptors (Lipinski definition) is 3. The Morgan fingerprint density at radius 2 is 2.26 bits per heavy atom. The first-order valence-electron chi connectivity index (χ1n) is 8.18. The number of nitrogens with zero attached hydrogens (tertiary/aromatic N) is 1. The Bertz CT molecular complexity index is 711. The lowest BCUT2D eigenvalue weighted by Crippen LogP contribution is -2.42. The Morgan fingerprint density at radius 1 is 1.52 bits per heavy atom. The van der Waals surface area contributed by atoms with Crippen LogP contribution < -0.4 is 11.1 Å². The molecule has 0 saturated heterocycles. The van der Waals surface area contributed by atoms with Gasteiger partial charge in [0.05, 0.1) is 5.69 Å². The summed E-state index contributed by atoms with van der Waals surface area (Å²) in [6, 6.07) is 3.84. The van der Waals surface area contributed by atoms with Crippen molar-refractivity contribution in [3.05, 3.63) is 37.2 Å². The monoisotopic (exact) mass is 312 g/mol. The van der Waals surface area contributed by atoms with Crippen molar-refractivity contribution in [1.82, 2.24) is 9.97 Å². The molecule has 1 saturated carbocycles. The van der Waals surface area contributed by atoms with Gasteiger partial charge in [0.1, 0.15) is 5.65 Å². The van der Waals surface area contributed by atoms with Crippen molar-refractivity contribution in [2.75, 3.05) is 5.32 Å². The molecule has 0 unspecified atom stereocenters. The van der Waals surface area contributed by atoms with E-state index in [1.165, 1.54) is 0 Å². The van der Waals surface area contributed by atoms with E-state index < -0.39 is 0 Å². The first kappa shape index (κ1) is 15.7. The maximum atomic E-state index is 12.6. The second kappa shape index (κ2) is 6.16. The van der Waals surface area contributed by atoms with Crippen LogP contribution >= 0.6 is 0 Å². The minimum Gasteiger partial charge on any atom is -0.346 e. The van der Waals surface area contributed by atoms with Gasteiger partial charge < -0.3 is 16.0 Å². The molecule has 3 rings (SSSR count). The summed E-state index contributed by atoms with van der Waals surface area (Å²) in [7, 11) is 0. The van der Waals surface area contributed by atoms with Gasteiger partial charge >= 0.3 is 0 Å². The predicted octanol–water partition coefficient (Wildman–Crippen LogP) is 3.21. The smallest absolute Gasteiger partial charge is 0.227 e. The number of aromatic nitrogens is 2. The summed E-state index contributed by atoms with van der Waals surface area (Å²) >= 11 is 0. The Morgan fingerprint density at radius 3 is 2.91 bits per heavy atom. The van der Waals surface area contributed by atoms with Crippen molar-refractivity contribution >= 4 is 22.6 Å². The fraction of sp³-hybridized carbons (Fsp3) is 0.444. The number of hydrogen-bond donors (Lipinski definition) is 3. The molecule has 0 radical (unpaired) electrons. The number of carbonyl (C=O) groups excluding carboxylic acids is 1. The molecule has 0 aromatic carbocycles. The Balaban J connectivity index is 1.68. The number of rotatable bonds is 4. The van der Waals surface area contributed by atoms with E-state index in [2.05, 4.69) is 21.9 Å².